The highest BCUT2D eigenvalue weighted by Gasteiger charge is 2.58. The van der Waals surface area contributed by atoms with E-state index in [0.29, 0.717) is 31.5 Å². The van der Waals surface area contributed by atoms with E-state index in [9.17, 15) is 14.4 Å². The molecule has 1 spiro atoms. The normalized spacial score (nSPS) is 20.4. The predicted octanol–water partition coefficient (Wildman–Crippen LogP) is 1.63. The zero-order valence-electron chi connectivity index (χ0n) is 20.2. The minimum absolute atomic E-state index is 0.0131. The fraction of sp³-hybridized carbons (Fsp3) is 0.500. The van der Waals surface area contributed by atoms with Gasteiger partial charge in [0.05, 0.1) is 6.54 Å². The summed E-state index contributed by atoms with van der Waals surface area (Å²) in [7, 11) is 0. The molecule has 4 N–H and O–H groups in total. The topological polar surface area (TPSA) is 140 Å². The van der Waals surface area contributed by atoms with Crippen molar-refractivity contribution < 1.29 is 14.4 Å². The van der Waals surface area contributed by atoms with Crippen molar-refractivity contribution in [1.29, 1.82) is 0 Å². The van der Waals surface area contributed by atoms with Crippen molar-refractivity contribution in [2.24, 2.45) is 5.92 Å². The number of amides is 3. The summed E-state index contributed by atoms with van der Waals surface area (Å²) < 4.78 is 0. The van der Waals surface area contributed by atoms with Gasteiger partial charge in [0, 0.05) is 31.3 Å². The van der Waals surface area contributed by atoms with Gasteiger partial charge in [-0.05, 0) is 36.8 Å². The number of nitrogens with one attached hydrogen (secondary N) is 2. The molecular formula is C26H34N6O3. The minimum atomic E-state index is -0.764. The van der Waals surface area contributed by atoms with Crippen LogP contribution in [0.15, 0.2) is 42.7 Å². The molecule has 3 amide bonds. The van der Waals surface area contributed by atoms with Crippen LogP contribution < -0.4 is 16.4 Å². The molecule has 0 aliphatic carbocycles. The van der Waals surface area contributed by atoms with Gasteiger partial charge in [-0.15, -0.1) is 0 Å². The lowest BCUT2D eigenvalue weighted by Gasteiger charge is -2.26. The van der Waals surface area contributed by atoms with Crippen LogP contribution in [-0.4, -0.2) is 57.3 Å². The van der Waals surface area contributed by atoms with Gasteiger partial charge in [0.25, 0.3) is 0 Å². The van der Waals surface area contributed by atoms with Crippen LogP contribution in [0, 0.1) is 5.92 Å². The number of carbonyl (C=O) groups excluding carboxylic acids is 3. The molecule has 2 unspecified atom stereocenters. The number of nitrogen functional groups attached to an aromatic ring is 1. The quantitative estimate of drug-likeness (QED) is 0.419. The average molecular weight is 479 g/mol. The third kappa shape index (κ3) is 6.15. The standard InChI is InChI=1S/C26H34N6O3/c1-2-3-9-20(11-10-18-7-5-4-6-8-18)22(33)30-21(14-19-15-28-25(27)29-16-19)23(34)32-13-12-26(17-32)24(35)31-26/h4-8,15-16,20-21H,2-3,9-14,17H2,1H3,(H,30,33)(H,31,35)(H2,27,28,29)/t20?,21-,26?/m1/s1. The Morgan fingerprint density at radius 1 is 1.17 bits per heavy atom. The number of anilines is 1. The van der Waals surface area contributed by atoms with E-state index in [4.69, 9.17) is 5.73 Å². The molecule has 0 radical (unpaired) electrons. The highest BCUT2D eigenvalue weighted by atomic mass is 16.2. The number of aryl methyl sites for hydroxylation is 1. The third-order valence-electron chi connectivity index (χ3n) is 6.99. The molecule has 1 aromatic heterocycles. The van der Waals surface area contributed by atoms with Crippen molar-refractivity contribution in [2.75, 3.05) is 18.8 Å². The number of likely N-dealkylation sites (tertiary alicyclic amines) is 1. The fourth-order valence-electron chi connectivity index (χ4n) is 4.73. The van der Waals surface area contributed by atoms with Crippen molar-refractivity contribution in [3.8, 4) is 0 Å². The van der Waals surface area contributed by atoms with Crippen LogP contribution in [0.1, 0.15) is 50.2 Å². The molecule has 0 saturated carbocycles. The van der Waals surface area contributed by atoms with Crippen LogP contribution >= 0.6 is 0 Å². The van der Waals surface area contributed by atoms with Crippen LogP contribution in [-0.2, 0) is 27.2 Å². The Morgan fingerprint density at radius 3 is 2.51 bits per heavy atom. The third-order valence-corrected chi connectivity index (χ3v) is 6.99. The zero-order chi connectivity index (χ0) is 24.8. The van der Waals surface area contributed by atoms with Gasteiger partial charge >= 0.3 is 0 Å². The van der Waals surface area contributed by atoms with Gasteiger partial charge in [-0.3, -0.25) is 14.4 Å². The van der Waals surface area contributed by atoms with Gasteiger partial charge < -0.3 is 21.3 Å². The summed E-state index contributed by atoms with van der Waals surface area (Å²) in [4.78, 5) is 48.4. The molecular weight excluding hydrogens is 444 g/mol. The van der Waals surface area contributed by atoms with E-state index >= 15 is 0 Å². The second-order valence-corrected chi connectivity index (χ2v) is 9.62. The molecule has 0 bridgehead atoms. The Kier molecular flexibility index (Phi) is 7.63. The molecule has 3 atom stereocenters. The van der Waals surface area contributed by atoms with Gasteiger partial charge in [0.1, 0.15) is 11.6 Å². The van der Waals surface area contributed by atoms with Crippen LogP contribution in [0.4, 0.5) is 5.95 Å². The number of nitrogens with two attached hydrogens (primary N) is 1. The Balaban J connectivity index is 1.46. The van der Waals surface area contributed by atoms with Gasteiger partial charge in [0.15, 0.2) is 0 Å². The first-order chi connectivity index (χ1) is 16.9. The van der Waals surface area contributed by atoms with Gasteiger partial charge in [-0.1, -0.05) is 50.1 Å². The highest BCUT2D eigenvalue weighted by molar-refractivity contribution is 6.03. The van der Waals surface area contributed by atoms with Crippen molar-refractivity contribution in [1.82, 2.24) is 25.5 Å². The van der Waals surface area contributed by atoms with Crippen LogP contribution in [0.5, 0.6) is 0 Å². The second kappa shape index (κ2) is 10.8. The maximum absolute atomic E-state index is 13.5. The molecule has 9 nitrogen and oxygen atoms in total. The van der Waals surface area contributed by atoms with E-state index in [1.807, 2.05) is 18.2 Å². The van der Waals surface area contributed by atoms with Crippen LogP contribution in [0.2, 0.25) is 0 Å². The maximum atomic E-state index is 13.5. The molecule has 35 heavy (non-hydrogen) atoms. The Labute approximate surface area is 205 Å². The van der Waals surface area contributed by atoms with Crippen molar-refractivity contribution in [3.05, 3.63) is 53.9 Å². The smallest absolute Gasteiger partial charge is 0.248 e. The summed E-state index contributed by atoms with van der Waals surface area (Å²) >= 11 is 0. The average Bonchev–Trinajstić information content (AvgIpc) is 3.28. The zero-order valence-corrected chi connectivity index (χ0v) is 20.2. The molecule has 2 aliphatic heterocycles. The molecule has 2 fully saturated rings. The van der Waals surface area contributed by atoms with Crippen LogP contribution in [0.25, 0.3) is 0 Å². The number of aromatic nitrogens is 2. The molecule has 3 heterocycles. The fourth-order valence-corrected chi connectivity index (χ4v) is 4.73. The molecule has 2 saturated heterocycles. The lowest BCUT2D eigenvalue weighted by Crippen LogP contribution is -2.51. The van der Waals surface area contributed by atoms with Crippen LogP contribution in [0.3, 0.4) is 0 Å². The van der Waals surface area contributed by atoms with E-state index in [1.54, 1.807) is 17.3 Å². The van der Waals surface area contributed by atoms with Crippen molar-refractivity contribution >= 4 is 23.7 Å². The molecule has 1 aromatic carbocycles. The van der Waals surface area contributed by atoms with E-state index in [2.05, 4.69) is 39.7 Å². The first-order valence-corrected chi connectivity index (χ1v) is 12.4. The monoisotopic (exact) mass is 478 g/mol. The second-order valence-electron chi connectivity index (χ2n) is 9.62. The summed E-state index contributed by atoms with van der Waals surface area (Å²) in [5.41, 5.74) is 6.92. The molecule has 2 aliphatic rings. The molecule has 186 valence electrons. The Bertz CT molecular complexity index is 1040. The Morgan fingerprint density at radius 2 is 1.89 bits per heavy atom. The van der Waals surface area contributed by atoms with Crippen molar-refractivity contribution in [3.63, 3.8) is 0 Å². The van der Waals surface area contributed by atoms with Gasteiger partial charge in [0.2, 0.25) is 23.7 Å². The Hall–Kier alpha value is -3.49. The molecule has 4 rings (SSSR count). The highest BCUT2D eigenvalue weighted by Crippen LogP contribution is 2.31. The summed E-state index contributed by atoms with van der Waals surface area (Å²) in [5, 5.41) is 5.89. The number of unbranched alkanes of at least 4 members (excludes halogenated alkanes) is 1. The summed E-state index contributed by atoms with van der Waals surface area (Å²) in [6.45, 7) is 2.92. The summed E-state index contributed by atoms with van der Waals surface area (Å²) in [6.07, 6.45) is 8.24. The van der Waals surface area contributed by atoms with E-state index in [-0.39, 0.29) is 36.0 Å². The number of hydrogen-bond donors (Lipinski definition) is 3. The number of rotatable bonds is 11. The first-order valence-electron chi connectivity index (χ1n) is 12.4. The first kappa shape index (κ1) is 24.6. The number of carbonyl (C=O) groups is 3. The molecule has 2 aromatic rings. The largest absolute Gasteiger partial charge is 0.368 e. The lowest BCUT2D eigenvalue weighted by molar-refractivity contribution is -0.137. The number of benzene rings is 1. The van der Waals surface area contributed by atoms with E-state index in [1.165, 1.54) is 5.56 Å². The number of hydrogen-bond acceptors (Lipinski definition) is 6. The lowest BCUT2D eigenvalue weighted by atomic mass is 9.93. The van der Waals surface area contributed by atoms with Gasteiger partial charge in [-0.2, -0.15) is 0 Å². The molecule has 9 heteroatoms. The van der Waals surface area contributed by atoms with E-state index < -0.39 is 11.6 Å². The maximum Gasteiger partial charge on any atom is 0.248 e. The number of nitrogens with zero attached hydrogens (tertiary/aromatic N) is 3. The van der Waals surface area contributed by atoms with E-state index in [0.717, 1.165) is 25.7 Å². The SMILES string of the molecule is CCCCC(CCc1ccccc1)C(=O)N[C@H](Cc1cnc(N)nc1)C(=O)N1CCC2(C1)NC2=O. The van der Waals surface area contributed by atoms with Gasteiger partial charge in [-0.25, -0.2) is 9.97 Å². The predicted molar refractivity (Wildman–Crippen MR) is 132 cm³/mol. The van der Waals surface area contributed by atoms with Crippen molar-refractivity contribution in [2.45, 2.75) is 63.5 Å². The summed E-state index contributed by atoms with van der Waals surface area (Å²) in [6, 6.07) is 9.36. The minimum Gasteiger partial charge on any atom is -0.368 e. The summed E-state index contributed by atoms with van der Waals surface area (Å²) in [5.74, 6) is -0.351.